The van der Waals surface area contributed by atoms with Crippen LogP contribution in [0.4, 0.5) is 4.79 Å². The molecule has 14 heavy (non-hydrogen) atoms. The van der Waals surface area contributed by atoms with Gasteiger partial charge in [0.15, 0.2) is 0 Å². The lowest BCUT2D eigenvalue weighted by atomic mass is 10.2. The molecule has 0 bridgehead atoms. The molecule has 1 fully saturated rings. The average molecular weight is 241 g/mol. The zero-order valence-electron chi connectivity index (χ0n) is 8.10. The number of halogens is 1. The number of rotatable bonds is 1. The molecule has 0 aliphatic carbocycles. The molecule has 1 rings (SSSR count). The first-order valence-corrected chi connectivity index (χ1v) is 6.46. The summed E-state index contributed by atoms with van der Waals surface area (Å²) < 4.78 is 23.9. The monoisotopic (exact) mass is 240 g/mol. The van der Waals surface area contributed by atoms with Gasteiger partial charge in [-0.3, -0.25) is 4.79 Å². The molecule has 0 aromatic heterocycles. The van der Waals surface area contributed by atoms with Gasteiger partial charge in [-0.05, 0) is 18.5 Å². The van der Waals surface area contributed by atoms with Gasteiger partial charge >= 0.3 is 5.37 Å². The quantitative estimate of drug-likeness (QED) is 0.490. The second-order valence-corrected chi connectivity index (χ2v) is 5.68. The van der Waals surface area contributed by atoms with Crippen molar-refractivity contribution >= 4 is 27.0 Å². The lowest BCUT2D eigenvalue weighted by Gasteiger charge is -2.37. The van der Waals surface area contributed by atoms with Crippen LogP contribution in [-0.4, -0.2) is 54.9 Å². The fourth-order valence-corrected chi connectivity index (χ4v) is 2.88. The van der Waals surface area contributed by atoms with E-state index in [-0.39, 0.29) is 6.04 Å². The minimum atomic E-state index is -3.17. The van der Waals surface area contributed by atoms with Crippen LogP contribution in [0.25, 0.3) is 0 Å². The fraction of sp³-hybridized carbons (Fsp3) is 0.857. The maximum absolute atomic E-state index is 11.3. The van der Waals surface area contributed by atoms with Gasteiger partial charge in [0.2, 0.25) is 10.0 Å². The Hall–Kier alpha value is -0.330. The Labute approximate surface area is 88.7 Å². The molecule has 1 aliphatic heterocycles. The molecule has 0 saturated carbocycles. The molecule has 1 saturated heterocycles. The van der Waals surface area contributed by atoms with E-state index in [1.54, 1.807) is 6.92 Å². The number of carbonyl (C=O) groups is 1. The van der Waals surface area contributed by atoms with Gasteiger partial charge in [-0.2, -0.15) is 4.31 Å². The van der Waals surface area contributed by atoms with Crippen molar-refractivity contribution in [2.75, 3.05) is 25.9 Å². The lowest BCUT2D eigenvalue weighted by Crippen LogP contribution is -2.54. The molecule has 0 aromatic rings. The molecular weight excluding hydrogens is 228 g/mol. The highest BCUT2D eigenvalue weighted by Crippen LogP contribution is 2.14. The van der Waals surface area contributed by atoms with Crippen molar-refractivity contribution in [1.82, 2.24) is 9.21 Å². The van der Waals surface area contributed by atoms with Crippen molar-refractivity contribution in [3.8, 4) is 0 Å². The molecule has 5 nitrogen and oxygen atoms in total. The second kappa shape index (κ2) is 4.04. The summed E-state index contributed by atoms with van der Waals surface area (Å²) in [6.45, 7) is 2.79. The van der Waals surface area contributed by atoms with Crippen molar-refractivity contribution in [1.29, 1.82) is 0 Å². The van der Waals surface area contributed by atoms with Crippen LogP contribution in [0, 0.1) is 0 Å². The van der Waals surface area contributed by atoms with Crippen LogP contribution in [0.2, 0.25) is 0 Å². The van der Waals surface area contributed by atoms with Crippen molar-refractivity contribution in [3.05, 3.63) is 0 Å². The number of carbonyl (C=O) groups excluding carboxylic acids is 1. The van der Waals surface area contributed by atoms with Gasteiger partial charge in [-0.25, -0.2) is 8.42 Å². The summed E-state index contributed by atoms with van der Waals surface area (Å²) in [6, 6.07) is -0.207. The van der Waals surface area contributed by atoms with E-state index in [1.807, 2.05) is 0 Å². The van der Waals surface area contributed by atoms with Crippen molar-refractivity contribution in [3.63, 3.8) is 0 Å². The van der Waals surface area contributed by atoms with Crippen LogP contribution >= 0.6 is 11.6 Å². The molecule has 1 heterocycles. The topological polar surface area (TPSA) is 57.7 Å². The van der Waals surface area contributed by atoms with E-state index in [0.717, 1.165) is 0 Å². The molecule has 0 radical (unpaired) electrons. The van der Waals surface area contributed by atoms with E-state index in [2.05, 4.69) is 0 Å². The molecule has 0 spiro atoms. The largest absolute Gasteiger partial charge is 0.326 e. The number of hydrogen-bond donors (Lipinski definition) is 0. The van der Waals surface area contributed by atoms with Gasteiger partial charge in [0.25, 0.3) is 0 Å². The van der Waals surface area contributed by atoms with E-state index < -0.39 is 15.4 Å². The Morgan fingerprint density at radius 1 is 1.43 bits per heavy atom. The van der Waals surface area contributed by atoms with E-state index in [4.69, 9.17) is 11.6 Å². The maximum Gasteiger partial charge on any atom is 0.316 e. The Morgan fingerprint density at radius 3 is 2.36 bits per heavy atom. The first-order chi connectivity index (χ1) is 6.32. The number of sulfonamides is 1. The lowest BCUT2D eigenvalue weighted by molar-refractivity contribution is 0.165. The molecule has 0 unspecified atom stereocenters. The Bertz CT molecular complexity index is 330. The third kappa shape index (κ3) is 2.59. The highest BCUT2D eigenvalue weighted by molar-refractivity contribution is 7.88. The molecule has 1 aliphatic rings. The molecular formula is C7H13ClN2O3S. The van der Waals surface area contributed by atoms with Gasteiger partial charge in [0, 0.05) is 25.7 Å². The summed E-state index contributed by atoms with van der Waals surface area (Å²) in [5.74, 6) is 0. The average Bonchev–Trinajstić information content (AvgIpc) is 2.01. The Balaban J connectivity index is 2.70. The van der Waals surface area contributed by atoms with E-state index >= 15 is 0 Å². The van der Waals surface area contributed by atoms with Crippen molar-refractivity contribution in [2.45, 2.75) is 13.0 Å². The zero-order chi connectivity index (χ0) is 10.9. The van der Waals surface area contributed by atoms with Crippen LogP contribution in [0.3, 0.4) is 0 Å². The minimum absolute atomic E-state index is 0.207. The fourth-order valence-electron chi connectivity index (χ4n) is 1.59. The standard InChI is InChI=1S/C7H13ClN2O3S/c1-6-5-9(7(8)11)3-4-10(6)14(2,12)13/h6H,3-5H2,1-2H3/t6-/m0/s1. The molecule has 82 valence electrons. The molecule has 1 amide bonds. The number of nitrogens with zero attached hydrogens (tertiary/aromatic N) is 2. The van der Waals surface area contributed by atoms with Crippen LogP contribution in [0.15, 0.2) is 0 Å². The normalized spacial score (nSPS) is 25.1. The van der Waals surface area contributed by atoms with Crippen molar-refractivity contribution in [2.24, 2.45) is 0 Å². The van der Waals surface area contributed by atoms with Crippen molar-refractivity contribution < 1.29 is 13.2 Å². The summed E-state index contributed by atoms with van der Waals surface area (Å²) in [4.78, 5) is 12.3. The predicted octanol–water partition coefficient (Wildman–Crippen LogP) is 0.311. The summed E-state index contributed by atoms with van der Waals surface area (Å²) >= 11 is 5.30. The molecule has 1 atom stereocenters. The van der Waals surface area contributed by atoms with Crippen LogP contribution in [0.1, 0.15) is 6.92 Å². The van der Waals surface area contributed by atoms with Gasteiger partial charge in [0.05, 0.1) is 6.26 Å². The van der Waals surface area contributed by atoms with Gasteiger partial charge in [0.1, 0.15) is 0 Å². The zero-order valence-corrected chi connectivity index (χ0v) is 9.68. The summed E-state index contributed by atoms with van der Waals surface area (Å²) in [7, 11) is -3.17. The van der Waals surface area contributed by atoms with Gasteiger partial charge < -0.3 is 4.90 Å². The summed E-state index contributed by atoms with van der Waals surface area (Å²) in [5.41, 5.74) is 0. The van der Waals surface area contributed by atoms with E-state index in [0.29, 0.717) is 19.6 Å². The number of amides is 1. The first kappa shape index (κ1) is 11.7. The van der Waals surface area contributed by atoms with E-state index in [1.165, 1.54) is 15.5 Å². The van der Waals surface area contributed by atoms with Gasteiger partial charge in [-0.1, -0.05) is 0 Å². The highest BCUT2D eigenvalue weighted by Gasteiger charge is 2.31. The molecule has 0 N–H and O–H groups in total. The number of piperazine rings is 1. The Kier molecular flexibility index (Phi) is 3.39. The second-order valence-electron chi connectivity index (χ2n) is 3.42. The van der Waals surface area contributed by atoms with E-state index in [9.17, 15) is 13.2 Å². The summed E-state index contributed by atoms with van der Waals surface area (Å²) in [5, 5.41) is -0.523. The minimum Gasteiger partial charge on any atom is -0.326 e. The third-order valence-corrected chi connectivity index (χ3v) is 3.87. The van der Waals surface area contributed by atoms with Crippen LogP contribution in [0.5, 0.6) is 0 Å². The maximum atomic E-state index is 11.3. The molecule has 0 aromatic carbocycles. The Morgan fingerprint density at radius 2 is 2.00 bits per heavy atom. The number of hydrogen-bond acceptors (Lipinski definition) is 3. The smallest absolute Gasteiger partial charge is 0.316 e. The summed E-state index contributed by atoms with van der Waals surface area (Å²) in [6.07, 6.45) is 1.17. The van der Waals surface area contributed by atoms with Crippen LogP contribution in [-0.2, 0) is 10.0 Å². The van der Waals surface area contributed by atoms with Crippen LogP contribution < -0.4 is 0 Å². The SMILES string of the molecule is C[C@H]1CN(C(=O)Cl)CCN1S(C)(=O)=O. The van der Waals surface area contributed by atoms with Gasteiger partial charge in [-0.15, -0.1) is 0 Å². The highest BCUT2D eigenvalue weighted by atomic mass is 35.5. The first-order valence-electron chi connectivity index (χ1n) is 4.23. The molecule has 7 heteroatoms. The predicted molar refractivity (Wildman–Crippen MR) is 53.8 cm³/mol. The third-order valence-electron chi connectivity index (χ3n) is 2.24.